The first-order valence-electron chi connectivity index (χ1n) is 4.79. The molecule has 1 aromatic carbocycles. The van der Waals surface area contributed by atoms with E-state index in [1.807, 2.05) is 18.2 Å². The third-order valence-electron chi connectivity index (χ3n) is 2.62. The second kappa shape index (κ2) is 4.21. The van der Waals surface area contributed by atoms with E-state index in [4.69, 9.17) is 16.3 Å². The zero-order chi connectivity index (χ0) is 10.8. The Balaban J connectivity index is 2.22. The number of carbonyl (C=O) groups excluding carboxylic acids is 1. The van der Waals surface area contributed by atoms with Crippen molar-refractivity contribution in [1.29, 1.82) is 0 Å². The predicted octanol–water partition coefficient (Wildman–Crippen LogP) is 1.53. The average Bonchev–Trinajstić information content (AvgIpc) is 2.27. The number of ether oxygens (including phenoxy) is 1. The van der Waals surface area contributed by atoms with Crippen molar-refractivity contribution in [3.8, 4) is 0 Å². The number of halogens is 1. The number of fused-ring (bicyclic) bond motifs is 1. The van der Waals surface area contributed by atoms with Gasteiger partial charge in [0.2, 0.25) is 0 Å². The van der Waals surface area contributed by atoms with Crippen LogP contribution in [0.4, 0.5) is 0 Å². The lowest BCUT2D eigenvalue weighted by Gasteiger charge is -2.24. The standard InChI is InChI=1S/C11H12ClNO2/c1-15-11(14)10-5-8-4-9(12)3-2-7(8)6-13-10/h2-4,10,13H,5-6H2,1H3/t10-/m0/s1. The first-order chi connectivity index (χ1) is 7.20. The van der Waals surface area contributed by atoms with E-state index >= 15 is 0 Å². The van der Waals surface area contributed by atoms with Crippen molar-refractivity contribution >= 4 is 17.6 Å². The molecule has 0 aliphatic carbocycles. The number of esters is 1. The summed E-state index contributed by atoms with van der Waals surface area (Å²) in [4.78, 5) is 11.3. The number of benzene rings is 1. The Bertz CT molecular complexity index is 392. The normalized spacial score (nSPS) is 19.5. The molecule has 0 fully saturated rings. The van der Waals surface area contributed by atoms with Crippen LogP contribution < -0.4 is 5.32 Å². The molecule has 1 heterocycles. The molecule has 0 saturated heterocycles. The number of rotatable bonds is 1. The summed E-state index contributed by atoms with van der Waals surface area (Å²) in [6.45, 7) is 0.687. The first-order valence-corrected chi connectivity index (χ1v) is 5.17. The number of hydrogen-bond acceptors (Lipinski definition) is 3. The van der Waals surface area contributed by atoms with Gasteiger partial charge in [-0.2, -0.15) is 0 Å². The minimum absolute atomic E-state index is 0.222. The molecule has 0 unspecified atom stereocenters. The highest BCUT2D eigenvalue weighted by Gasteiger charge is 2.24. The molecule has 0 spiro atoms. The number of methoxy groups -OCH3 is 1. The average molecular weight is 226 g/mol. The summed E-state index contributed by atoms with van der Waals surface area (Å²) in [5.41, 5.74) is 2.32. The van der Waals surface area contributed by atoms with Crippen LogP contribution in [0.15, 0.2) is 18.2 Å². The number of nitrogens with one attached hydrogen (secondary N) is 1. The van der Waals surface area contributed by atoms with Crippen LogP contribution in [-0.2, 0) is 22.5 Å². The molecule has 1 aliphatic rings. The van der Waals surface area contributed by atoms with Crippen LogP contribution in [-0.4, -0.2) is 19.1 Å². The van der Waals surface area contributed by atoms with Gasteiger partial charge in [0, 0.05) is 11.6 Å². The Morgan fingerprint density at radius 2 is 2.33 bits per heavy atom. The predicted molar refractivity (Wildman–Crippen MR) is 57.8 cm³/mol. The highest BCUT2D eigenvalue weighted by molar-refractivity contribution is 6.30. The van der Waals surface area contributed by atoms with E-state index in [1.165, 1.54) is 12.7 Å². The molecule has 1 aromatic rings. The molecule has 0 saturated carbocycles. The first kappa shape index (κ1) is 10.5. The molecule has 80 valence electrons. The largest absolute Gasteiger partial charge is 0.468 e. The van der Waals surface area contributed by atoms with Crippen LogP contribution in [0.25, 0.3) is 0 Å². The van der Waals surface area contributed by atoms with E-state index in [-0.39, 0.29) is 12.0 Å². The Morgan fingerprint density at radius 1 is 1.53 bits per heavy atom. The fourth-order valence-corrected chi connectivity index (χ4v) is 1.99. The van der Waals surface area contributed by atoms with Crippen LogP contribution in [0.5, 0.6) is 0 Å². The van der Waals surface area contributed by atoms with Gasteiger partial charge in [0.25, 0.3) is 0 Å². The van der Waals surface area contributed by atoms with Crippen molar-refractivity contribution in [2.24, 2.45) is 0 Å². The molecule has 0 radical (unpaired) electrons. The van der Waals surface area contributed by atoms with Gasteiger partial charge in [-0.25, -0.2) is 0 Å². The molecular formula is C11H12ClNO2. The van der Waals surface area contributed by atoms with Crippen LogP contribution in [0, 0.1) is 0 Å². The van der Waals surface area contributed by atoms with Crippen molar-refractivity contribution in [1.82, 2.24) is 5.32 Å². The maximum atomic E-state index is 11.3. The Labute approximate surface area is 93.4 Å². The molecule has 2 rings (SSSR count). The fraction of sp³-hybridized carbons (Fsp3) is 0.364. The molecule has 3 nitrogen and oxygen atoms in total. The monoisotopic (exact) mass is 225 g/mol. The minimum Gasteiger partial charge on any atom is -0.468 e. The van der Waals surface area contributed by atoms with Gasteiger partial charge in [0.05, 0.1) is 7.11 Å². The van der Waals surface area contributed by atoms with E-state index < -0.39 is 0 Å². The summed E-state index contributed by atoms with van der Waals surface area (Å²) in [6, 6.07) is 5.51. The molecule has 0 amide bonds. The van der Waals surface area contributed by atoms with Gasteiger partial charge in [0.1, 0.15) is 6.04 Å². The topological polar surface area (TPSA) is 38.3 Å². The van der Waals surface area contributed by atoms with Crippen molar-refractivity contribution in [2.75, 3.05) is 7.11 Å². The molecule has 4 heteroatoms. The van der Waals surface area contributed by atoms with Gasteiger partial charge in [-0.05, 0) is 29.7 Å². The van der Waals surface area contributed by atoms with Gasteiger partial charge in [0.15, 0.2) is 0 Å². The molecule has 15 heavy (non-hydrogen) atoms. The maximum Gasteiger partial charge on any atom is 0.323 e. The molecule has 1 N–H and O–H groups in total. The summed E-state index contributed by atoms with van der Waals surface area (Å²) in [7, 11) is 1.40. The number of carbonyl (C=O) groups is 1. The van der Waals surface area contributed by atoms with Gasteiger partial charge in [-0.15, -0.1) is 0 Å². The van der Waals surface area contributed by atoms with E-state index in [1.54, 1.807) is 0 Å². The van der Waals surface area contributed by atoms with Crippen molar-refractivity contribution < 1.29 is 9.53 Å². The second-order valence-corrected chi connectivity index (χ2v) is 4.01. The van der Waals surface area contributed by atoms with E-state index in [2.05, 4.69) is 5.32 Å². The molecule has 1 atom stereocenters. The second-order valence-electron chi connectivity index (χ2n) is 3.57. The summed E-state index contributed by atoms with van der Waals surface area (Å²) < 4.78 is 4.70. The Morgan fingerprint density at radius 3 is 3.07 bits per heavy atom. The third-order valence-corrected chi connectivity index (χ3v) is 2.85. The van der Waals surface area contributed by atoms with Gasteiger partial charge in [-0.3, -0.25) is 4.79 Å². The minimum atomic E-state index is -0.249. The SMILES string of the molecule is COC(=O)[C@@H]1Cc2cc(Cl)ccc2CN1. The molecule has 1 aliphatic heterocycles. The van der Waals surface area contributed by atoms with Crippen molar-refractivity contribution in [2.45, 2.75) is 19.0 Å². The van der Waals surface area contributed by atoms with Crippen LogP contribution in [0.1, 0.15) is 11.1 Å². The summed E-state index contributed by atoms with van der Waals surface area (Å²) in [6.07, 6.45) is 0.641. The van der Waals surface area contributed by atoms with Crippen LogP contribution in [0.3, 0.4) is 0 Å². The van der Waals surface area contributed by atoms with Crippen molar-refractivity contribution in [3.05, 3.63) is 34.3 Å². The fourth-order valence-electron chi connectivity index (χ4n) is 1.79. The van der Waals surface area contributed by atoms with Crippen molar-refractivity contribution in [3.63, 3.8) is 0 Å². The lowest BCUT2D eigenvalue weighted by Crippen LogP contribution is -2.42. The highest BCUT2D eigenvalue weighted by atomic mass is 35.5. The number of hydrogen-bond donors (Lipinski definition) is 1. The van der Waals surface area contributed by atoms with Crippen LogP contribution >= 0.6 is 11.6 Å². The zero-order valence-corrected chi connectivity index (χ0v) is 9.17. The Kier molecular flexibility index (Phi) is 2.93. The van der Waals surface area contributed by atoms with E-state index in [0.29, 0.717) is 18.0 Å². The summed E-state index contributed by atoms with van der Waals surface area (Å²) in [5, 5.41) is 3.84. The summed E-state index contributed by atoms with van der Waals surface area (Å²) in [5.74, 6) is -0.222. The van der Waals surface area contributed by atoms with E-state index in [9.17, 15) is 4.79 Å². The maximum absolute atomic E-state index is 11.3. The molecular weight excluding hydrogens is 214 g/mol. The smallest absolute Gasteiger partial charge is 0.323 e. The van der Waals surface area contributed by atoms with Gasteiger partial charge >= 0.3 is 5.97 Å². The molecule has 0 bridgehead atoms. The van der Waals surface area contributed by atoms with Gasteiger partial charge in [-0.1, -0.05) is 17.7 Å². The lowest BCUT2D eigenvalue weighted by atomic mass is 9.96. The summed E-state index contributed by atoms with van der Waals surface area (Å²) >= 11 is 5.90. The molecule has 0 aromatic heterocycles. The highest BCUT2D eigenvalue weighted by Crippen LogP contribution is 2.21. The zero-order valence-electron chi connectivity index (χ0n) is 8.42. The lowest BCUT2D eigenvalue weighted by molar-refractivity contribution is -0.143. The third kappa shape index (κ3) is 2.13. The quantitative estimate of drug-likeness (QED) is 0.737. The van der Waals surface area contributed by atoms with E-state index in [0.717, 1.165) is 5.56 Å². The van der Waals surface area contributed by atoms with Crippen LogP contribution in [0.2, 0.25) is 5.02 Å². The van der Waals surface area contributed by atoms with Gasteiger partial charge < -0.3 is 10.1 Å². The Hall–Kier alpha value is -1.06.